The SMILES string of the molecule is CC1=NC(CCc2ccc(OCCCc3ccc(F)cc3F)c(C(F)(F)F)c2)(COP(OC(C)(C)C)OC(C)(C)C)CO1. The van der Waals surface area contributed by atoms with Gasteiger partial charge in [-0.3, -0.25) is 0 Å². The van der Waals surface area contributed by atoms with Crippen molar-refractivity contribution in [1.29, 1.82) is 0 Å². The molecule has 240 valence electrons. The predicted octanol–water partition coefficient (Wildman–Crippen LogP) is 8.99. The van der Waals surface area contributed by atoms with E-state index in [2.05, 4.69) is 4.99 Å². The van der Waals surface area contributed by atoms with Crippen molar-refractivity contribution in [2.45, 2.75) is 97.1 Å². The highest BCUT2D eigenvalue weighted by atomic mass is 31.2. The number of hydrogen-bond acceptors (Lipinski definition) is 6. The summed E-state index contributed by atoms with van der Waals surface area (Å²) in [5.41, 5.74) is -2.05. The van der Waals surface area contributed by atoms with Gasteiger partial charge in [0.25, 0.3) is 0 Å². The van der Waals surface area contributed by atoms with Crippen LogP contribution in [0.4, 0.5) is 22.0 Å². The van der Waals surface area contributed by atoms with E-state index in [0.29, 0.717) is 17.9 Å². The third kappa shape index (κ3) is 11.6. The van der Waals surface area contributed by atoms with Crippen LogP contribution in [-0.2, 0) is 37.3 Å². The van der Waals surface area contributed by atoms with E-state index in [1.165, 1.54) is 12.1 Å². The summed E-state index contributed by atoms with van der Waals surface area (Å²) in [5.74, 6) is -1.23. The minimum Gasteiger partial charge on any atom is -0.493 e. The highest BCUT2D eigenvalue weighted by Gasteiger charge is 2.39. The Kier molecular flexibility index (Phi) is 11.6. The molecule has 0 amide bonds. The maximum Gasteiger partial charge on any atom is 0.419 e. The molecule has 6 nitrogen and oxygen atoms in total. The van der Waals surface area contributed by atoms with Crippen molar-refractivity contribution in [2.75, 3.05) is 19.8 Å². The second-order valence-electron chi connectivity index (χ2n) is 12.6. The Hall–Kier alpha value is -2.33. The van der Waals surface area contributed by atoms with Crippen LogP contribution in [0.25, 0.3) is 0 Å². The first kappa shape index (κ1) is 35.2. The second-order valence-corrected chi connectivity index (χ2v) is 13.6. The smallest absolute Gasteiger partial charge is 0.419 e. The van der Waals surface area contributed by atoms with Crippen molar-refractivity contribution < 1.29 is 45.0 Å². The molecule has 0 saturated heterocycles. The van der Waals surface area contributed by atoms with Gasteiger partial charge in [0.2, 0.25) is 0 Å². The van der Waals surface area contributed by atoms with Crippen molar-refractivity contribution in [1.82, 2.24) is 0 Å². The first-order valence-corrected chi connectivity index (χ1v) is 15.2. The third-order valence-electron chi connectivity index (χ3n) is 6.17. The molecule has 2 aromatic carbocycles. The molecule has 1 aliphatic heterocycles. The molecule has 0 saturated carbocycles. The summed E-state index contributed by atoms with van der Waals surface area (Å²) < 4.78 is 98.1. The summed E-state index contributed by atoms with van der Waals surface area (Å²) in [5, 5.41) is 0. The van der Waals surface area contributed by atoms with Gasteiger partial charge in [-0.25, -0.2) is 13.8 Å². The van der Waals surface area contributed by atoms with Gasteiger partial charge in [0.05, 0.1) is 30.0 Å². The Labute approximate surface area is 251 Å². The molecule has 2 aromatic rings. The van der Waals surface area contributed by atoms with E-state index >= 15 is 0 Å². The maximum atomic E-state index is 14.0. The van der Waals surface area contributed by atoms with Crippen LogP contribution in [-0.4, -0.2) is 42.5 Å². The van der Waals surface area contributed by atoms with Gasteiger partial charge in [-0.2, -0.15) is 13.2 Å². The van der Waals surface area contributed by atoms with Gasteiger partial charge in [0, 0.05) is 13.0 Å². The Balaban J connectivity index is 1.68. The molecular formula is C31H41F5NO5P. The van der Waals surface area contributed by atoms with Crippen LogP contribution in [0.3, 0.4) is 0 Å². The number of rotatable bonds is 13. The van der Waals surface area contributed by atoms with Crippen LogP contribution in [0.5, 0.6) is 5.75 Å². The van der Waals surface area contributed by atoms with E-state index in [4.69, 9.17) is 23.0 Å². The second kappa shape index (κ2) is 14.2. The van der Waals surface area contributed by atoms with E-state index in [0.717, 1.165) is 18.2 Å². The Morgan fingerprint density at radius 3 is 2.16 bits per heavy atom. The zero-order valence-electron chi connectivity index (χ0n) is 25.7. The van der Waals surface area contributed by atoms with Gasteiger partial charge in [0.15, 0.2) is 5.90 Å². The average molecular weight is 634 g/mol. The fraction of sp³-hybridized carbons (Fsp3) is 0.581. The van der Waals surface area contributed by atoms with Crippen molar-refractivity contribution in [3.05, 3.63) is 64.7 Å². The van der Waals surface area contributed by atoms with E-state index in [-0.39, 0.29) is 50.4 Å². The van der Waals surface area contributed by atoms with Crippen molar-refractivity contribution >= 4 is 14.5 Å². The molecule has 43 heavy (non-hydrogen) atoms. The highest BCUT2D eigenvalue weighted by Crippen LogP contribution is 2.48. The molecule has 1 atom stereocenters. The van der Waals surface area contributed by atoms with Gasteiger partial charge < -0.3 is 23.0 Å². The predicted molar refractivity (Wildman–Crippen MR) is 156 cm³/mol. The van der Waals surface area contributed by atoms with Crippen molar-refractivity contribution in [3.63, 3.8) is 0 Å². The van der Waals surface area contributed by atoms with E-state index in [1.807, 2.05) is 41.5 Å². The molecule has 12 heteroatoms. The zero-order chi connectivity index (χ0) is 32.1. The zero-order valence-corrected chi connectivity index (χ0v) is 26.6. The molecule has 1 heterocycles. The number of nitrogens with zero attached hydrogens (tertiary/aromatic N) is 1. The molecule has 1 aliphatic rings. The molecule has 0 fully saturated rings. The Bertz CT molecular complexity index is 1240. The molecular weight excluding hydrogens is 592 g/mol. The number of benzene rings is 2. The number of aliphatic imine (C=N–C) groups is 1. The van der Waals surface area contributed by atoms with Crippen LogP contribution in [0.15, 0.2) is 41.4 Å². The number of ether oxygens (including phenoxy) is 2. The molecule has 0 N–H and O–H groups in total. The number of alkyl halides is 3. The summed E-state index contributed by atoms with van der Waals surface area (Å²) >= 11 is 0. The molecule has 0 aliphatic carbocycles. The minimum absolute atomic E-state index is 0.0682. The lowest BCUT2D eigenvalue weighted by atomic mass is 9.93. The first-order valence-electron chi connectivity index (χ1n) is 14.1. The maximum absolute atomic E-state index is 14.0. The quantitative estimate of drug-likeness (QED) is 0.125. The molecule has 0 spiro atoms. The van der Waals surface area contributed by atoms with Crippen LogP contribution in [0, 0.1) is 11.6 Å². The van der Waals surface area contributed by atoms with Gasteiger partial charge in [-0.1, -0.05) is 12.1 Å². The van der Waals surface area contributed by atoms with Gasteiger partial charge >= 0.3 is 14.8 Å². The number of aryl methyl sites for hydroxylation is 2. The van der Waals surface area contributed by atoms with Crippen LogP contribution in [0.2, 0.25) is 0 Å². The monoisotopic (exact) mass is 633 g/mol. The first-order chi connectivity index (χ1) is 19.8. The molecule has 3 rings (SSSR count). The van der Waals surface area contributed by atoms with Crippen LogP contribution >= 0.6 is 8.60 Å². The number of halogens is 5. The lowest BCUT2D eigenvalue weighted by Crippen LogP contribution is -2.35. The summed E-state index contributed by atoms with van der Waals surface area (Å²) in [6.07, 6.45) is -3.57. The summed E-state index contributed by atoms with van der Waals surface area (Å²) in [6.45, 7) is 13.3. The van der Waals surface area contributed by atoms with Gasteiger partial charge in [-0.05, 0) is 96.6 Å². The summed E-state index contributed by atoms with van der Waals surface area (Å²) in [4.78, 5) is 4.65. The molecule has 0 bridgehead atoms. The standard InChI is InChI=1S/C31H41F5NO5P/c1-21-37-30(19-39-21,20-40-43(41-28(2,3)4)42-29(5,6)7)15-14-22-10-13-27(25(17-22)31(34,35)36)38-16-8-9-23-11-12-24(32)18-26(23)33/h10-13,17-18H,8-9,14-16,19-20H2,1-7H3. The lowest BCUT2D eigenvalue weighted by Gasteiger charge is -2.32. The topological polar surface area (TPSA) is 58.5 Å². The van der Waals surface area contributed by atoms with Gasteiger partial charge in [-0.15, -0.1) is 0 Å². The Morgan fingerprint density at radius 1 is 0.930 bits per heavy atom. The van der Waals surface area contributed by atoms with E-state index in [1.54, 1.807) is 13.0 Å². The largest absolute Gasteiger partial charge is 0.493 e. The van der Waals surface area contributed by atoms with Crippen LogP contribution in [0.1, 0.15) is 78.0 Å². The fourth-order valence-corrected chi connectivity index (χ4v) is 5.61. The highest BCUT2D eigenvalue weighted by molar-refractivity contribution is 7.41. The summed E-state index contributed by atoms with van der Waals surface area (Å²) in [7, 11) is -1.74. The third-order valence-corrected chi connectivity index (χ3v) is 7.90. The Morgan fingerprint density at radius 2 is 1.60 bits per heavy atom. The molecule has 0 radical (unpaired) electrons. The minimum atomic E-state index is -4.65. The average Bonchev–Trinajstić information content (AvgIpc) is 3.24. The normalized spacial score (nSPS) is 17.7. The van der Waals surface area contributed by atoms with Crippen molar-refractivity contribution in [2.24, 2.45) is 4.99 Å². The van der Waals surface area contributed by atoms with Crippen LogP contribution < -0.4 is 4.74 Å². The lowest BCUT2D eigenvalue weighted by molar-refractivity contribution is -0.139. The summed E-state index contributed by atoms with van der Waals surface area (Å²) in [6, 6.07) is 7.19. The van der Waals surface area contributed by atoms with Gasteiger partial charge in [0.1, 0.15) is 29.5 Å². The number of hydrogen-bond donors (Lipinski definition) is 0. The fourth-order valence-electron chi connectivity index (χ4n) is 4.23. The van der Waals surface area contributed by atoms with E-state index < -0.39 is 48.7 Å². The van der Waals surface area contributed by atoms with Crippen molar-refractivity contribution in [3.8, 4) is 5.75 Å². The molecule has 0 aromatic heterocycles. The van der Waals surface area contributed by atoms with E-state index in [9.17, 15) is 22.0 Å². The molecule has 1 unspecified atom stereocenters.